The lowest BCUT2D eigenvalue weighted by molar-refractivity contribution is 0.174. The molecule has 1 unspecified atom stereocenters. The molecule has 4 heteroatoms. The molecule has 2 rings (SSSR count). The molecular formula is C16H23N3O. The van der Waals surface area contributed by atoms with Crippen LogP contribution in [0.2, 0.25) is 0 Å². The first-order valence-corrected chi connectivity index (χ1v) is 7.07. The molecule has 0 aliphatic heterocycles. The van der Waals surface area contributed by atoms with Crippen LogP contribution in [0.5, 0.6) is 0 Å². The molecule has 0 aliphatic rings. The highest BCUT2D eigenvalue weighted by atomic mass is 16.3. The van der Waals surface area contributed by atoms with Crippen molar-refractivity contribution in [3.63, 3.8) is 0 Å². The monoisotopic (exact) mass is 273 g/mol. The number of rotatable bonds is 6. The van der Waals surface area contributed by atoms with Gasteiger partial charge in [0.15, 0.2) is 0 Å². The summed E-state index contributed by atoms with van der Waals surface area (Å²) in [4.78, 5) is 0. The summed E-state index contributed by atoms with van der Waals surface area (Å²) in [7, 11) is 1.93. The van der Waals surface area contributed by atoms with Crippen molar-refractivity contribution in [2.75, 3.05) is 6.54 Å². The molecule has 0 fully saturated rings. The zero-order chi connectivity index (χ0) is 14.5. The van der Waals surface area contributed by atoms with Gasteiger partial charge < -0.3 is 10.4 Å². The van der Waals surface area contributed by atoms with E-state index >= 15 is 0 Å². The van der Waals surface area contributed by atoms with E-state index < -0.39 is 6.10 Å². The molecule has 0 aliphatic carbocycles. The first-order valence-electron chi connectivity index (χ1n) is 7.07. The third-order valence-electron chi connectivity index (χ3n) is 3.44. The Balaban J connectivity index is 1.87. The Bertz CT molecular complexity index is 545. The van der Waals surface area contributed by atoms with Gasteiger partial charge in [-0.15, -0.1) is 0 Å². The molecule has 0 saturated carbocycles. The number of hydrogen-bond acceptors (Lipinski definition) is 3. The number of hydrogen-bond donors (Lipinski definition) is 2. The molecular weight excluding hydrogens is 250 g/mol. The first kappa shape index (κ1) is 14.8. The Morgan fingerprint density at radius 2 is 2.00 bits per heavy atom. The normalized spacial score (nSPS) is 12.6. The van der Waals surface area contributed by atoms with Gasteiger partial charge >= 0.3 is 0 Å². The molecule has 1 heterocycles. The lowest BCUT2D eigenvalue weighted by Gasteiger charge is -2.12. The summed E-state index contributed by atoms with van der Waals surface area (Å²) >= 11 is 0. The van der Waals surface area contributed by atoms with Crippen LogP contribution in [0.25, 0.3) is 0 Å². The second kappa shape index (κ2) is 6.68. The minimum Gasteiger partial charge on any atom is -0.387 e. The Hall–Kier alpha value is -1.65. The van der Waals surface area contributed by atoms with Gasteiger partial charge in [0, 0.05) is 31.9 Å². The van der Waals surface area contributed by atoms with E-state index in [4.69, 9.17) is 0 Å². The summed E-state index contributed by atoms with van der Waals surface area (Å²) in [6.07, 6.45) is 2.49. The maximum absolute atomic E-state index is 10.1. The van der Waals surface area contributed by atoms with Crippen LogP contribution in [0.3, 0.4) is 0 Å². The van der Waals surface area contributed by atoms with Gasteiger partial charge in [-0.2, -0.15) is 5.10 Å². The number of aryl methyl sites for hydroxylation is 3. The Labute approximate surface area is 120 Å². The van der Waals surface area contributed by atoms with Crippen molar-refractivity contribution in [1.82, 2.24) is 15.1 Å². The number of aliphatic hydroxyl groups is 1. The van der Waals surface area contributed by atoms with Gasteiger partial charge in [-0.3, -0.25) is 4.68 Å². The molecule has 0 saturated heterocycles. The summed E-state index contributed by atoms with van der Waals surface area (Å²) in [6, 6.07) is 8.00. The average Bonchev–Trinajstić information content (AvgIpc) is 2.79. The molecule has 0 amide bonds. The third-order valence-corrected chi connectivity index (χ3v) is 3.44. The molecule has 108 valence electrons. The standard InChI is InChI=1S/C16H23N3O/c1-4-15-14(11-19(3)18-15)9-17-10-16(20)13-7-5-12(2)6-8-13/h5-8,11,16-17,20H,4,9-10H2,1-3H3. The fourth-order valence-electron chi connectivity index (χ4n) is 2.28. The number of nitrogens with zero attached hydrogens (tertiary/aromatic N) is 2. The number of nitrogens with one attached hydrogen (secondary N) is 1. The van der Waals surface area contributed by atoms with Gasteiger partial charge in [0.25, 0.3) is 0 Å². The molecule has 2 aromatic rings. The molecule has 0 spiro atoms. The predicted molar refractivity (Wildman–Crippen MR) is 80.4 cm³/mol. The van der Waals surface area contributed by atoms with E-state index in [1.807, 2.05) is 49.1 Å². The van der Waals surface area contributed by atoms with Crippen LogP contribution in [-0.2, 0) is 20.0 Å². The highest BCUT2D eigenvalue weighted by Gasteiger charge is 2.09. The summed E-state index contributed by atoms with van der Waals surface area (Å²) in [5.41, 5.74) is 4.47. The van der Waals surface area contributed by atoms with Crippen molar-refractivity contribution in [3.05, 3.63) is 52.8 Å². The Morgan fingerprint density at radius 1 is 1.30 bits per heavy atom. The van der Waals surface area contributed by atoms with Crippen LogP contribution in [-0.4, -0.2) is 21.4 Å². The van der Waals surface area contributed by atoms with Crippen molar-refractivity contribution in [1.29, 1.82) is 0 Å². The van der Waals surface area contributed by atoms with Crippen LogP contribution in [0.4, 0.5) is 0 Å². The Kier molecular flexibility index (Phi) is 4.93. The fourth-order valence-corrected chi connectivity index (χ4v) is 2.28. The topological polar surface area (TPSA) is 50.1 Å². The van der Waals surface area contributed by atoms with E-state index in [9.17, 15) is 5.11 Å². The summed E-state index contributed by atoms with van der Waals surface area (Å²) in [5, 5.41) is 17.8. The van der Waals surface area contributed by atoms with Gasteiger partial charge in [0.1, 0.15) is 0 Å². The first-order chi connectivity index (χ1) is 9.60. The minimum absolute atomic E-state index is 0.475. The maximum Gasteiger partial charge on any atom is 0.0914 e. The molecule has 1 aromatic heterocycles. The van der Waals surface area contributed by atoms with E-state index in [1.165, 1.54) is 11.1 Å². The van der Waals surface area contributed by atoms with Gasteiger partial charge in [0.2, 0.25) is 0 Å². The van der Waals surface area contributed by atoms with E-state index in [2.05, 4.69) is 17.3 Å². The number of aliphatic hydroxyl groups excluding tert-OH is 1. The molecule has 0 radical (unpaired) electrons. The van der Waals surface area contributed by atoms with Gasteiger partial charge in [0.05, 0.1) is 11.8 Å². The summed E-state index contributed by atoms with van der Waals surface area (Å²) in [6.45, 7) is 5.43. The van der Waals surface area contributed by atoms with Gasteiger partial charge in [-0.1, -0.05) is 36.8 Å². The lowest BCUT2D eigenvalue weighted by atomic mass is 10.1. The lowest BCUT2D eigenvalue weighted by Crippen LogP contribution is -2.21. The van der Waals surface area contributed by atoms with Crippen LogP contribution in [0.15, 0.2) is 30.5 Å². The van der Waals surface area contributed by atoms with Crippen LogP contribution < -0.4 is 5.32 Å². The van der Waals surface area contributed by atoms with E-state index in [-0.39, 0.29) is 0 Å². The molecule has 1 aromatic carbocycles. The van der Waals surface area contributed by atoms with E-state index in [1.54, 1.807) is 0 Å². The van der Waals surface area contributed by atoms with Crippen molar-refractivity contribution >= 4 is 0 Å². The third kappa shape index (κ3) is 3.68. The van der Waals surface area contributed by atoms with Crippen LogP contribution in [0.1, 0.15) is 35.4 Å². The highest BCUT2D eigenvalue weighted by Crippen LogP contribution is 2.13. The van der Waals surface area contributed by atoms with Crippen molar-refractivity contribution in [2.24, 2.45) is 7.05 Å². The quantitative estimate of drug-likeness (QED) is 0.847. The summed E-state index contributed by atoms with van der Waals surface area (Å²) in [5.74, 6) is 0. The maximum atomic E-state index is 10.1. The zero-order valence-electron chi connectivity index (χ0n) is 12.4. The van der Waals surface area contributed by atoms with Crippen molar-refractivity contribution in [2.45, 2.75) is 32.9 Å². The van der Waals surface area contributed by atoms with Crippen LogP contribution >= 0.6 is 0 Å². The predicted octanol–water partition coefficient (Wildman–Crippen LogP) is 2.11. The van der Waals surface area contributed by atoms with Crippen molar-refractivity contribution in [3.8, 4) is 0 Å². The fraction of sp³-hybridized carbons (Fsp3) is 0.438. The Morgan fingerprint density at radius 3 is 2.65 bits per heavy atom. The summed E-state index contributed by atoms with van der Waals surface area (Å²) < 4.78 is 1.84. The van der Waals surface area contributed by atoms with Crippen molar-refractivity contribution < 1.29 is 5.11 Å². The largest absolute Gasteiger partial charge is 0.387 e. The average molecular weight is 273 g/mol. The molecule has 4 nitrogen and oxygen atoms in total. The molecule has 20 heavy (non-hydrogen) atoms. The second-order valence-electron chi connectivity index (χ2n) is 5.19. The SMILES string of the molecule is CCc1nn(C)cc1CNCC(O)c1ccc(C)cc1. The van der Waals surface area contributed by atoms with E-state index in [0.29, 0.717) is 6.54 Å². The molecule has 1 atom stereocenters. The van der Waals surface area contributed by atoms with E-state index in [0.717, 1.165) is 24.2 Å². The van der Waals surface area contributed by atoms with Gasteiger partial charge in [-0.05, 0) is 18.9 Å². The zero-order valence-corrected chi connectivity index (χ0v) is 12.4. The minimum atomic E-state index is -0.475. The molecule has 0 bridgehead atoms. The number of benzene rings is 1. The highest BCUT2D eigenvalue weighted by molar-refractivity contribution is 5.23. The van der Waals surface area contributed by atoms with Crippen LogP contribution in [0, 0.1) is 6.92 Å². The van der Waals surface area contributed by atoms with Gasteiger partial charge in [-0.25, -0.2) is 0 Å². The number of aromatic nitrogens is 2. The second-order valence-corrected chi connectivity index (χ2v) is 5.19. The smallest absolute Gasteiger partial charge is 0.0914 e. The molecule has 2 N–H and O–H groups in total.